The minimum atomic E-state index is -3.56. The molecule has 1 aliphatic heterocycles. The van der Waals surface area contributed by atoms with E-state index in [0.717, 1.165) is 19.4 Å². The van der Waals surface area contributed by atoms with Crippen molar-refractivity contribution < 1.29 is 12.9 Å². The first-order valence-corrected chi connectivity index (χ1v) is 9.68. The fourth-order valence-electron chi connectivity index (χ4n) is 2.59. The molecule has 130 valence electrons. The Morgan fingerprint density at radius 3 is 2.48 bits per heavy atom. The normalized spacial score (nSPS) is 16.6. The van der Waals surface area contributed by atoms with Gasteiger partial charge in [-0.3, -0.25) is 0 Å². The third-order valence-electron chi connectivity index (χ3n) is 3.90. The van der Waals surface area contributed by atoms with Crippen molar-refractivity contribution in [2.45, 2.75) is 38.5 Å². The lowest BCUT2D eigenvalue weighted by molar-refractivity contribution is 0.263. The minimum Gasteiger partial charge on any atom is -0.363 e. The van der Waals surface area contributed by atoms with Crippen LogP contribution in [0.4, 0.5) is 0 Å². The number of thiocarbonyl (C=S) groups is 1. The monoisotopic (exact) mass is 360 g/mol. The molecule has 0 radical (unpaired) electrons. The van der Waals surface area contributed by atoms with Crippen LogP contribution in [0.15, 0.2) is 9.42 Å². The van der Waals surface area contributed by atoms with Crippen molar-refractivity contribution in [1.82, 2.24) is 19.7 Å². The smallest absolute Gasteiger partial charge is 0.248 e. The van der Waals surface area contributed by atoms with Crippen molar-refractivity contribution in [3.8, 4) is 0 Å². The molecule has 2 heterocycles. The van der Waals surface area contributed by atoms with Crippen LogP contribution in [0.1, 0.15) is 31.2 Å². The Morgan fingerprint density at radius 1 is 1.30 bits per heavy atom. The lowest BCUT2D eigenvalue weighted by Crippen LogP contribution is -2.53. The van der Waals surface area contributed by atoms with Gasteiger partial charge in [0.15, 0.2) is 10.9 Å². The SMILES string of the molecule is CCCCNC(=S)N1CCN(S(=O)(=O)c2c(C)noc2C)CC1. The number of sulfonamides is 1. The van der Waals surface area contributed by atoms with Gasteiger partial charge in [0.2, 0.25) is 10.0 Å². The van der Waals surface area contributed by atoms with E-state index in [1.165, 1.54) is 4.31 Å². The van der Waals surface area contributed by atoms with E-state index < -0.39 is 10.0 Å². The molecule has 0 spiro atoms. The van der Waals surface area contributed by atoms with E-state index in [4.69, 9.17) is 16.7 Å². The fourth-order valence-corrected chi connectivity index (χ4v) is 4.59. The summed E-state index contributed by atoms with van der Waals surface area (Å²) in [5.41, 5.74) is 0.404. The lowest BCUT2D eigenvalue weighted by Gasteiger charge is -2.35. The molecule has 1 aliphatic rings. The first kappa shape index (κ1) is 18.2. The number of rotatable bonds is 5. The van der Waals surface area contributed by atoms with Crippen molar-refractivity contribution in [2.24, 2.45) is 0 Å². The first-order valence-electron chi connectivity index (χ1n) is 7.83. The molecule has 0 amide bonds. The van der Waals surface area contributed by atoms with E-state index in [9.17, 15) is 8.42 Å². The molecule has 1 aromatic heterocycles. The molecule has 0 saturated carbocycles. The molecular formula is C14H24N4O3S2. The molecule has 1 fully saturated rings. The summed E-state index contributed by atoms with van der Waals surface area (Å²) in [6.45, 7) is 8.23. The van der Waals surface area contributed by atoms with Crippen LogP contribution >= 0.6 is 12.2 Å². The van der Waals surface area contributed by atoms with Gasteiger partial charge in [0.25, 0.3) is 0 Å². The highest BCUT2D eigenvalue weighted by Gasteiger charge is 2.33. The molecule has 9 heteroatoms. The highest BCUT2D eigenvalue weighted by atomic mass is 32.2. The van der Waals surface area contributed by atoms with Gasteiger partial charge in [-0.2, -0.15) is 4.31 Å². The van der Waals surface area contributed by atoms with Gasteiger partial charge < -0.3 is 14.7 Å². The molecule has 23 heavy (non-hydrogen) atoms. The largest absolute Gasteiger partial charge is 0.363 e. The lowest BCUT2D eigenvalue weighted by atomic mass is 10.3. The number of unbranched alkanes of at least 4 members (excludes halogenated alkanes) is 1. The summed E-state index contributed by atoms with van der Waals surface area (Å²) in [5, 5.41) is 7.66. The molecule has 0 bridgehead atoms. The van der Waals surface area contributed by atoms with Crippen molar-refractivity contribution in [3.63, 3.8) is 0 Å². The Balaban J connectivity index is 1.98. The average Bonchev–Trinajstić information content (AvgIpc) is 2.87. The average molecular weight is 361 g/mol. The van der Waals surface area contributed by atoms with E-state index >= 15 is 0 Å². The van der Waals surface area contributed by atoms with E-state index in [0.29, 0.717) is 42.7 Å². The third kappa shape index (κ3) is 4.02. The predicted molar refractivity (Wildman–Crippen MR) is 91.8 cm³/mol. The van der Waals surface area contributed by atoms with Crippen molar-refractivity contribution >= 4 is 27.4 Å². The van der Waals surface area contributed by atoms with Crippen LogP contribution in [0.3, 0.4) is 0 Å². The molecule has 0 aliphatic carbocycles. The van der Waals surface area contributed by atoms with Crippen LogP contribution < -0.4 is 5.32 Å². The minimum absolute atomic E-state index is 0.189. The number of nitrogens with one attached hydrogen (secondary N) is 1. The van der Waals surface area contributed by atoms with Gasteiger partial charge in [-0.25, -0.2) is 8.42 Å². The van der Waals surface area contributed by atoms with Crippen LogP contribution in [-0.4, -0.2) is 60.6 Å². The summed E-state index contributed by atoms with van der Waals surface area (Å²) in [4.78, 5) is 2.21. The Morgan fingerprint density at radius 2 is 1.96 bits per heavy atom. The maximum absolute atomic E-state index is 12.7. The number of piperazine rings is 1. The van der Waals surface area contributed by atoms with Crippen LogP contribution in [-0.2, 0) is 10.0 Å². The van der Waals surface area contributed by atoms with Gasteiger partial charge in [0.1, 0.15) is 10.6 Å². The second-order valence-corrected chi connectivity index (χ2v) is 7.89. The second kappa shape index (κ2) is 7.59. The summed E-state index contributed by atoms with van der Waals surface area (Å²) < 4.78 is 31.9. The predicted octanol–water partition coefficient (Wildman–Crippen LogP) is 1.27. The second-order valence-electron chi connectivity index (χ2n) is 5.63. The fraction of sp³-hybridized carbons (Fsp3) is 0.714. The van der Waals surface area contributed by atoms with E-state index in [-0.39, 0.29) is 4.90 Å². The molecular weight excluding hydrogens is 336 g/mol. The van der Waals surface area contributed by atoms with Gasteiger partial charge in [-0.05, 0) is 32.5 Å². The quantitative estimate of drug-likeness (QED) is 0.626. The highest BCUT2D eigenvalue weighted by Crippen LogP contribution is 2.24. The number of hydrogen-bond donors (Lipinski definition) is 1. The number of aromatic nitrogens is 1. The van der Waals surface area contributed by atoms with Gasteiger partial charge in [0, 0.05) is 32.7 Å². The Labute approximate surface area is 143 Å². The summed E-state index contributed by atoms with van der Waals surface area (Å²) >= 11 is 5.36. The van der Waals surface area contributed by atoms with Crippen LogP contribution in [0, 0.1) is 13.8 Å². The molecule has 0 aromatic carbocycles. The number of nitrogens with zero attached hydrogens (tertiary/aromatic N) is 3. The Hall–Kier alpha value is -1.19. The third-order valence-corrected chi connectivity index (χ3v) is 6.44. The summed E-state index contributed by atoms with van der Waals surface area (Å²) in [7, 11) is -3.56. The van der Waals surface area contributed by atoms with Gasteiger partial charge >= 0.3 is 0 Å². The van der Waals surface area contributed by atoms with Crippen molar-refractivity contribution in [1.29, 1.82) is 0 Å². The van der Waals surface area contributed by atoms with E-state index in [2.05, 4.69) is 17.4 Å². The standard InChI is InChI=1S/C14H24N4O3S2/c1-4-5-6-15-14(22)17-7-9-18(10-8-17)23(19,20)13-11(2)16-21-12(13)3/h4-10H2,1-3H3,(H,15,22). The van der Waals surface area contributed by atoms with Gasteiger partial charge in [-0.15, -0.1) is 0 Å². The maximum atomic E-state index is 12.7. The molecule has 0 unspecified atom stereocenters. The molecule has 7 nitrogen and oxygen atoms in total. The zero-order chi connectivity index (χ0) is 17.0. The van der Waals surface area contributed by atoms with E-state index in [1.807, 2.05) is 4.90 Å². The summed E-state index contributed by atoms with van der Waals surface area (Å²) in [5.74, 6) is 0.335. The highest BCUT2D eigenvalue weighted by molar-refractivity contribution is 7.89. The molecule has 0 atom stereocenters. The van der Waals surface area contributed by atoms with E-state index in [1.54, 1.807) is 13.8 Å². The van der Waals surface area contributed by atoms with Gasteiger partial charge in [-0.1, -0.05) is 18.5 Å². The van der Waals surface area contributed by atoms with Crippen LogP contribution in [0.5, 0.6) is 0 Å². The number of hydrogen-bond acceptors (Lipinski definition) is 5. The topological polar surface area (TPSA) is 78.7 Å². The molecule has 1 saturated heterocycles. The number of aryl methyl sites for hydroxylation is 2. The zero-order valence-electron chi connectivity index (χ0n) is 13.8. The summed E-state index contributed by atoms with van der Waals surface area (Å²) in [6.07, 6.45) is 2.18. The summed E-state index contributed by atoms with van der Waals surface area (Å²) in [6, 6.07) is 0. The molecule has 1 aromatic rings. The van der Waals surface area contributed by atoms with Crippen LogP contribution in [0.2, 0.25) is 0 Å². The van der Waals surface area contributed by atoms with Gasteiger partial charge in [0.05, 0.1) is 0 Å². The maximum Gasteiger partial charge on any atom is 0.248 e. The van der Waals surface area contributed by atoms with Crippen LogP contribution in [0.25, 0.3) is 0 Å². The Bertz CT molecular complexity index is 629. The Kier molecular flexibility index (Phi) is 5.99. The zero-order valence-corrected chi connectivity index (χ0v) is 15.5. The van der Waals surface area contributed by atoms with Crippen molar-refractivity contribution in [2.75, 3.05) is 32.7 Å². The molecule has 2 rings (SSSR count). The van der Waals surface area contributed by atoms with Crippen molar-refractivity contribution in [3.05, 3.63) is 11.5 Å². The molecule has 1 N–H and O–H groups in total. The first-order chi connectivity index (χ1) is 10.9.